The van der Waals surface area contributed by atoms with Gasteiger partial charge in [0, 0.05) is 0 Å². The van der Waals surface area contributed by atoms with Crippen LogP contribution in [0.25, 0.3) is 0 Å². The van der Waals surface area contributed by atoms with Crippen LogP contribution in [0, 0.1) is 28.1 Å². The summed E-state index contributed by atoms with van der Waals surface area (Å²) in [6, 6.07) is 0. The number of aliphatic hydroxyl groups excluding tert-OH is 19. The van der Waals surface area contributed by atoms with Crippen LogP contribution in [0.3, 0.4) is 0 Å². The highest BCUT2D eigenvalue weighted by molar-refractivity contribution is 5.77. The second kappa shape index (κ2) is 26.4. The van der Waals surface area contributed by atoms with E-state index in [0.717, 1.165) is 0 Å². The Hall–Kier alpha value is -1.99. The Kier molecular flexibility index (Phi) is 20.6. The van der Waals surface area contributed by atoms with Crippen molar-refractivity contribution in [3.63, 3.8) is 0 Å². The quantitative estimate of drug-likeness (QED) is 0.0365. The summed E-state index contributed by atoms with van der Waals surface area (Å²) in [5.74, 6) is -1.34. The largest absolute Gasteiger partial charge is 0.432 e. The molecule has 2 bridgehead atoms. The molecule has 10 aliphatic rings. The maximum atomic E-state index is 15.3. The van der Waals surface area contributed by atoms with Crippen molar-refractivity contribution in [3.8, 4) is 0 Å². The first-order chi connectivity index (χ1) is 41.2. The number of hydrogen-bond donors (Lipinski definition) is 19. The molecular weight excluding hydrogens is 1170 g/mol. The molecular formula is C55H88O32. The zero-order valence-electron chi connectivity index (χ0n) is 48.0. The topological polar surface area (TPSA) is 512 Å². The molecule has 4 saturated carbocycles. The number of esters is 1. The van der Waals surface area contributed by atoms with E-state index in [1.165, 1.54) is 0 Å². The third-order valence-electron chi connectivity index (χ3n) is 20.9. The highest BCUT2D eigenvalue weighted by Crippen LogP contribution is 2.74. The first-order valence-electron chi connectivity index (χ1n) is 29.8. The van der Waals surface area contributed by atoms with Gasteiger partial charge in [0.2, 0.25) is 6.29 Å². The molecule has 6 aliphatic heterocycles. The Morgan fingerprint density at radius 1 is 0.471 bits per heavy atom. The van der Waals surface area contributed by atoms with Gasteiger partial charge in [-0.2, -0.15) is 0 Å². The third kappa shape index (κ3) is 12.0. The van der Waals surface area contributed by atoms with Crippen LogP contribution in [-0.4, -0.2) is 326 Å². The van der Waals surface area contributed by atoms with Gasteiger partial charge in [0.25, 0.3) is 0 Å². The van der Waals surface area contributed by atoms with Crippen molar-refractivity contribution < 1.29 is 159 Å². The monoisotopic (exact) mass is 1260 g/mol. The zero-order chi connectivity index (χ0) is 63.1. The van der Waals surface area contributed by atoms with Crippen molar-refractivity contribution in [1.29, 1.82) is 0 Å². The van der Waals surface area contributed by atoms with Crippen LogP contribution in [0.5, 0.6) is 0 Å². The van der Waals surface area contributed by atoms with Crippen molar-refractivity contribution in [2.75, 3.05) is 39.6 Å². The Morgan fingerprint density at radius 3 is 1.38 bits per heavy atom. The molecule has 0 radical (unpaired) electrons. The zero-order valence-corrected chi connectivity index (χ0v) is 48.0. The van der Waals surface area contributed by atoms with E-state index in [1.807, 2.05) is 0 Å². The van der Waals surface area contributed by atoms with E-state index < -0.39 is 252 Å². The number of hydrogen-bond acceptors (Lipinski definition) is 32. The van der Waals surface area contributed by atoms with Crippen molar-refractivity contribution in [2.24, 2.45) is 28.1 Å². The lowest BCUT2D eigenvalue weighted by molar-refractivity contribution is -0.400. The fourth-order valence-corrected chi connectivity index (χ4v) is 16.1. The summed E-state index contributed by atoms with van der Waals surface area (Å²) in [5.41, 5.74) is -3.12. The Labute approximate surface area is 498 Å². The number of carbonyl (C=O) groups excluding carboxylic acids is 1. The molecule has 32 nitrogen and oxygen atoms in total. The SMILES string of the molecule is C=C1CC23CCC4C(C)(C(=O)OC5OC(CO)C(O)C(OC6OC(CO)C(O)C(O)C6O)C5OC5OCC(O)C(O)C5O)CCCC4(C)C2CCC1(OC1OC(CO)C(O)C(OC2OC(CO)C(O)C(O)C2O)C1OC1OC(CO)C(O)C(O)C1O)C3. The predicted molar refractivity (Wildman–Crippen MR) is 278 cm³/mol. The fraction of sp³-hybridized carbons (Fsp3) is 0.945. The van der Waals surface area contributed by atoms with Crippen LogP contribution in [0.15, 0.2) is 12.2 Å². The lowest BCUT2D eigenvalue weighted by Crippen LogP contribution is -2.68. The van der Waals surface area contributed by atoms with E-state index in [1.54, 1.807) is 6.92 Å². The standard InChI is InChI=1S/C55H88O32/c1-19-11-54-9-5-26-52(2,7-4-8-53(26,3)51(75)86-49-43(84-45-37(71)28(62)20(61)17-76-45)41(32(66)24(15-59)80-49)82-46-38(72)34(68)29(63)21(12-56)77-46)27(54)6-10-55(19,18-54)87-50-44(85-48-40(74)36(70)31(65)23(14-58)79-48)42(33(67)25(16-60)81-50)83-47-39(73)35(69)30(64)22(13-57)78-47/h20-50,56-74H,1,4-18H2,2-3H3. The predicted octanol–water partition coefficient (Wildman–Crippen LogP) is -8.83. The summed E-state index contributed by atoms with van der Waals surface area (Å²) in [6.07, 6.45) is -48.7. The molecule has 35 unspecified atom stereocenters. The molecule has 0 aromatic heterocycles. The summed E-state index contributed by atoms with van der Waals surface area (Å²) in [4.78, 5) is 15.3. The van der Waals surface area contributed by atoms with E-state index in [2.05, 4.69) is 13.5 Å². The van der Waals surface area contributed by atoms with Gasteiger partial charge < -0.3 is 154 Å². The van der Waals surface area contributed by atoms with Gasteiger partial charge in [0.05, 0.1) is 50.7 Å². The van der Waals surface area contributed by atoms with Crippen molar-refractivity contribution >= 4 is 5.97 Å². The average molecular weight is 1260 g/mol. The molecule has 10 rings (SSSR count). The highest BCUT2D eigenvalue weighted by Gasteiger charge is 2.70. The minimum atomic E-state index is -2.02. The van der Waals surface area contributed by atoms with Crippen LogP contribution in [-0.2, 0) is 61.6 Å². The summed E-state index contributed by atoms with van der Waals surface area (Å²) in [7, 11) is 0. The third-order valence-corrected chi connectivity index (χ3v) is 20.9. The molecule has 6 heterocycles. The molecule has 32 heteroatoms. The van der Waals surface area contributed by atoms with Crippen LogP contribution in [0.1, 0.15) is 71.6 Å². The first kappa shape index (κ1) is 67.9. The normalized spacial score (nSPS) is 54.6. The number of carbonyl (C=O) groups is 1. The van der Waals surface area contributed by atoms with E-state index in [9.17, 15) is 97.0 Å². The van der Waals surface area contributed by atoms with Crippen molar-refractivity contribution in [2.45, 2.75) is 255 Å². The Morgan fingerprint density at radius 2 is 0.885 bits per heavy atom. The molecule has 0 aromatic rings. The maximum Gasteiger partial charge on any atom is 0.314 e. The highest BCUT2D eigenvalue weighted by atomic mass is 16.8. The van der Waals surface area contributed by atoms with Crippen LogP contribution >= 0.6 is 0 Å². The lowest BCUT2D eigenvalue weighted by Gasteiger charge is -2.64. The summed E-state index contributed by atoms with van der Waals surface area (Å²) >= 11 is 0. The molecule has 87 heavy (non-hydrogen) atoms. The van der Waals surface area contributed by atoms with Crippen LogP contribution < -0.4 is 0 Å². The van der Waals surface area contributed by atoms with Gasteiger partial charge in [-0.25, -0.2) is 0 Å². The molecule has 35 atom stereocenters. The second-order valence-corrected chi connectivity index (χ2v) is 26.0. The van der Waals surface area contributed by atoms with Crippen LogP contribution in [0.4, 0.5) is 0 Å². The number of fused-ring (bicyclic) bond motifs is 3. The Bertz CT molecular complexity index is 2340. The van der Waals surface area contributed by atoms with E-state index >= 15 is 4.79 Å². The molecule has 6 saturated heterocycles. The van der Waals surface area contributed by atoms with Crippen molar-refractivity contribution in [3.05, 3.63) is 12.2 Å². The van der Waals surface area contributed by atoms with E-state index in [-0.39, 0.29) is 12.3 Å². The van der Waals surface area contributed by atoms with Crippen molar-refractivity contribution in [1.82, 2.24) is 0 Å². The Balaban J connectivity index is 0.915. The van der Waals surface area contributed by atoms with Crippen LogP contribution in [0.2, 0.25) is 0 Å². The van der Waals surface area contributed by atoms with Gasteiger partial charge in [-0.15, -0.1) is 0 Å². The first-order valence-corrected chi connectivity index (χ1v) is 29.8. The van der Waals surface area contributed by atoms with Gasteiger partial charge in [0.1, 0.15) is 134 Å². The summed E-state index contributed by atoms with van der Waals surface area (Å²) in [5, 5.41) is 204. The maximum absolute atomic E-state index is 15.3. The van der Waals surface area contributed by atoms with Gasteiger partial charge in [-0.3, -0.25) is 4.79 Å². The molecule has 4 aliphatic carbocycles. The van der Waals surface area contributed by atoms with Gasteiger partial charge >= 0.3 is 5.97 Å². The average Bonchev–Trinajstić information content (AvgIpc) is 1.71. The molecule has 500 valence electrons. The number of rotatable bonds is 17. The minimum Gasteiger partial charge on any atom is -0.432 e. The molecule has 1 spiro atoms. The van der Waals surface area contributed by atoms with Gasteiger partial charge in [-0.1, -0.05) is 19.9 Å². The number of aliphatic hydroxyl groups is 19. The van der Waals surface area contributed by atoms with E-state index in [0.29, 0.717) is 56.9 Å². The lowest BCUT2D eigenvalue weighted by atomic mass is 9.41. The van der Waals surface area contributed by atoms with E-state index in [4.69, 9.17) is 56.8 Å². The molecule has 10 fully saturated rings. The number of ether oxygens (including phenoxy) is 12. The summed E-state index contributed by atoms with van der Waals surface area (Å²) < 4.78 is 72.7. The minimum absolute atomic E-state index is 0.131. The molecule has 19 N–H and O–H groups in total. The molecule has 0 aromatic carbocycles. The fourth-order valence-electron chi connectivity index (χ4n) is 16.1. The van der Waals surface area contributed by atoms with Gasteiger partial charge in [-0.05, 0) is 86.5 Å². The molecule has 0 amide bonds. The second-order valence-electron chi connectivity index (χ2n) is 26.0. The van der Waals surface area contributed by atoms with Gasteiger partial charge in [0.15, 0.2) is 37.6 Å². The smallest absolute Gasteiger partial charge is 0.314 e. The summed E-state index contributed by atoms with van der Waals surface area (Å²) in [6.45, 7) is 3.49.